The van der Waals surface area contributed by atoms with Crippen LogP contribution in [-0.4, -0.2) is 35.5 Å². The summed E-state index contributed by atoms with van der Waals surface area (Å²) in [5, 5.41) is 2.88. The van der Waals surface area contributed by atoms with Gasteiger partial charge in [0.2, 0.25) is 0 Å². The predicted molar refractivity (Wildman–Crippen MR) is 108 cm³/mol. The second kappa shape index (κ2) is 9.71. The molecule has 2 heterocycles. The molecule has 0 radical (unpaired) electrons. The number of carbonyl (C=O) groups is 1. The fourth-order valence-electron chi connectivity index (χ4n) is 2.96. The third kappa shape index (κ3) is 5.69. The maximum absolute atomic E-state index is 12.2. The number of pyridine rings is 1. The van der Waals surface area contributed by atoms with Crippen LogP contribution in [0.2, 0.25) is 0 Å². The summed E-state index contributed by atoms with van der Waals surface area (Å²) in [5.41, 5.74) is 1.17. The molecule has 0 spiro atoms. The van der Waals surface area contributed by atoms with Crippen LogP contribution < -0.4 is 10.9 Å². The van der Waals surface area contributed by atoms with Crippen molar-refractivity contribution in [2.45, 2.75) is 19.5 Å². The van der Waals surface area contributed by atoms with Crippen LogP contribution in [0.15, 0.2) is 76.1 Å². The first kappa shape index (κ1) is 19.6. The summed E-state index contributed by atoms with van der Waals surface area (Å²) in [6.45, 7) is 2.65. The van der Waals surface area contributed by atoms with E-state index in [2.05, 4.69) is 29.4 Å². The Morgan fingerprint density at radius 1 is 1.07 bits per heavy atom. The summed E-state index contributed by atoms with van der Waals surface area (Å²) in [6, 6.07) is 18.6. The number of hydrogen-bond acceptors (Lipinski definition) is 4. The zero-order chi connectivity index (χ0) is 19.8. The molecule has 28 heavy (non-hydrogen) atoms. The van der Waals surface area contributed by atoms with E-state index in [0.29, 0.717) is 18.8 Å². The van der Waals surface area contributed by atoms with Gasteiger partial charge < -0.3 is 19.2 Å². The topological polar surface area (TPSA) is 67.5 Å². The van der Waals surface area contributed by atoms with Gasteiger partial charge in [-0.15, -0.1) is 0 Å². The van der Waals surface area contributed by atoms with Gasteiger partial charge in [-0.25, -0.2) is 0 Å². The average Bonchev–Trinajstić information content (AvgIpc) is 3.16. The molecule has 146 valence electrons. The molecule has 0 saturated heterocycles. The van der Waals surface area contributed by atoms with Gasteiger partial charge in [-0.3, -0.25) is 9.59 Å². The number of carbonyl (C=O) groups excluding carboxylic acids is 1. The van der Waals surface area contributed by atoms with Gasteiger partial charge in [-0.2, -0.15) is 0 Å². The van der Waals surface area contributed by atoms with Crippen molar-refractivity contribution in [1.82, 2.24) is 14.8 Å². The number of rotatable bonds is 9. The summed E-state index contributed by atoms with van der Waals surface area (Å²) in [7, 11) is 2.07. The highest BCUT2D eigenvalue weighted by Crippen LogP contribution is 2.09. The zero-order valence-electron chi connectivity index (χ0n) is 16.0. The molecule has 0 aliphatic rings. The molecule has 6 nitrogen and oxygen atoms in total. The van der Waals surface area contributed by atoms with E-state index in [1.54, 1.807) is 30.5 Å². The number of amides is 1. The molecule has 0 aliphatic carbocycles. The molecule has 0 unspecified atom stereocenters. The summed E-state index contributed by atoms with van der Waals surface area (Å²) < 4.78 is 7.11. The molecule has 0 fully saturated rings. The molecule has 3 rings (SSSR count). The Morgan fingerprint density at radius 2 is 1.86 bits per heavy atom. The van der Waals surface area contributed by atoms with Crippen molar-refractivity contribution in [2.75, 3.05) is 20.1 Å². The van der Waals surface area contributed by atoms with Crippen molar-refractivity contribution >= 4 is 5.91 Å². The van der Waals surface area contributed by atoms with E-state index >= 15 is 0 Å². The molecule has 0 saturated carbocycles. The standard InChI is InChI=1S/C22H25N3O3/c1-24(16-18-8-3-2-4-9-18)14-7-13-23-22(27)20-12-11-19(28-20)17-25-15-6-5-10-21(25)26/h2-6,8-12,15H,7,13-14,16-17H2,1H3,(H,23,27). The molecule has 1 amide bonds. The molecule has 1 aromatic carbocycles. The molecule has 6 heteroatoms. The van der Waals surface area contributed by atoms with Crippen molar-refractivity contribution in [3.8, 4) is 0 Å². The van der Waals surface area contributed by atoms with Crippen LogP contribution in [0.3, 0.4) is 0 Å². The maximum Gasteiger partial charge on any atom is 0.286 e. The van der Waals surface area contributed by atoms with Crippen LogP contribution in [0.25, 0.3) is 0 Å². The Morgan fingerprint density at radius 3 is 2.64 bits per heavy atom. The molecule has 3 aromatic rings. The molecular weight excluding hydrogens is 354 g/mol. The lowest BCUT2D eigenvalue weighted by Crippen LogP contribution is -2.27. The lowest BCUT2D eigenvalue weighted by Gasteiger charge is -2.16. The molecule has 0 atom stereocenters. The van der Waals surface area contributed by atoms with Crippen molar-refractivity contribution in [3.05, 3.63) is 94.3 Å². The van der Waals surface area contributed by atoms with E-state index in [1.165, 1.54) is 16.2 Å². The van der Waals surface area contributed by atoms with Gasteiger partial charge in [0, 0.05) is 25.4 Å². The van der Waals surface area contributed by atoms with Crippen LogP contribution in [0.1, 0.15) is 28.3 Å². The van der Waals surface area contributed by atoms with Gasteiger partial charge in [0.15, 0.2) is 5.76 Å². The number of nitrogens with one attached hydrogen (secondary N) is 1. The van der Waals surface area contributed by atoms with Crippen molar-refractivity contribution in [3.63, 3.8) is 0 Å². The number of hydrogen-bond donors (Lipinski definition) is 1. The predicted octanol–water partition coefficient (Wildman–Crippen LogP) is 2.74. The number of aromatic nitrogens is 1. The molecule has 0 bridgehead atoms. The van der Waals surface area contributed by atoms with Crippen LogP contribution in [0.5, 0.6) is 0 Å². The quantitative estimate of drug-likeness (QED) is 0.581. The Kier molecular flexibility index (Phi) is 6.81. The Labute approximate surface area is 164 Å². The van der Waals surface area contributed by atoms with Crippen molar-refractivity contribution < 1.29 is 9.21 Å². The highest BCUT2D eigenvalue weighted by Gasteiger charge is 2.11. The monoisotopic (exact) mass is 379 g/mol. The van der Waals surface area contributed by atoms with Crippen LogP contribution in [0, 0.1) is 0 Å². The Hall–Kier alpha value is -3.12. The average molecular weight is 379 g/mol. The SMILES string of the molecule is CN(CCCNC(=O)c1ccc(Cn2ccccc2=O)o1)Cc1ccccc1. The van der Waals surface area contributed by atoms with E-state index in [-0.39, 0.29) is 17.2 Å². The van der Waals surface area contributed by atoms with Crippen LogP contribution in [0.4, 0.5) is 0 Å². The van der Waals surface area contributed by atoms with Crippen LogP contribution >= 0.6 is 0 Å². The largest absolute Gasteiger partial charge is 0.454 e. The van der Waals surface area contributed by atoms with E-state index < -0.39 is 0 Å². The van der Waals surface area contributed by atoms with Gasteiger partial charge in [0.1, 0.15) is 5.76 Å². The highest BCUT2D eigenvalue weighted by atomic mass is 16.4. The first-order valence-electron chi connectivity index (χ1n) is 9.36. The van der Waals surface area contributed by atoms with Gasteiger partial charge >= 0.3 is 0 Å². The van der Waals surface area contributed by atoms with Crippen molar-refractivity contribution in [2.24, 2.45) is 0 Å². The zero-order valence-corrected chi connectivity index (χ0v) is 16.0. The van der Waals surface area contributed by atoms with E-state index in [4.69, 9.17) is 4.42 Å². The lowest BCUT2D eigenvalue weighted by molar-refractivity contribution is 0.0922. The van der Waals surface area contributed by atoms with Crippen molar-refractivity contribution in [1.29, 1.82) is 0 Å². The normalized spacial score (nSPS) is 10.9. The first-order chi connectivity index (χ1) is 13.6. The van der Waals surface area contributed by atoms with Gasteiger partial charge in [0.25, 0.3) is 11.5 Å². The third-order valence-electron chi connectivity index (χ3n) is 4.41. The number of benzene rings is 1. The summed E-state index contributed by atoms with van der Waals surface area (Å²) in [4.78, 5) is 26.2. The lowest BCUT2D eigenvalue weighted by atomic mass is 10.2. The fraction of sp³-hybridized carbons (Fsp3) is 0.273. The summed E-state index contributed by atoms with van der Waals surface area (Å²) >= 11 is 0. The second-order valence-corrected chi connectivity index (χ2v) is 6.77. The van der Waals surface area contributed by atoms with Gasteiger partial charge in [-0.05, 0) is 43.8 Å². The van der Waals surface area contributed by atoms with Gasteiger partial charge in [-0.1, -0.05) is 36.4 Å². The first-order valence-corrected chi connectivity index (χ1v) is 9.36. The number of nitrogens with zero attached hydrogens (tertiary/aromatic N) is 2. The van der Waals surface area contributed by atoms with E-state index in [1.807, 2.05) is 18.2 Å². The third-order valence-corrected chi connectivity index (χ3v) is 4.41. The smallest absolute Gasteiger partial charge is 0.286 e. The minimum atomic E-state index is -0.239. The molecule has 0 aliphatic heterocycles. The van der Waals surface area contributed by atoms with Gasteiger partial charge in [0.05, 0.1) is 6.54 Å². The molecular formula is C22H25N3O3. The highest BCUT2D eigenvalue weighted by molar-refractivity contribution is 5.91. The number of furan rings is 1. The molecule has 1 N–H and O–H groups in total. The summed E-state index contributed by atoms with van der Waals surface area (Å²) in [5.74, 6) is 0.593. The second-order valence-electron chi connectivity index (χ2n) is 6.77. The minimum Gasteiger partial charge on any atom is -0.454 e. The van der Waals surface area contributed by atoms with E-state index in [9.17, 15) is 9.59 Å². The maximum atomic E-state index is 12.2. The molecule has 2 aromatic heterocycles. The summed E-state index contributed by atoms with van der Waals surface area (Å²) in [6.07, 6.45) is 2.54. The van der Waals surface area contributed by atoms with E-state index in [0.717, 1.165) is 19.5 Å². The Bertz CT molecular complexity index is 947. The minimum absolute atomic E-state index is 0.107. The fourth-order valence-corrected chi connectivity index (χ4v) is 2.96. The van der Waals surface area contributed by atoms with Crippen LogP contribution in [-0.2, 0) is 13.1 Å². The Balaban J connectivity index is 1.41.